The van der Waals surface area contributed by atoms with Crippen molar-refractivity contribution in [1.82, 2.24) is 10.3 Å². The fraction of sp³-hybridized carbons (Fsp3) is 0.385. The zero-order valence-corrected chi connectivity index (χ0v) is 10.2. The third-order valence-electron chi connectivity index (χ3n) is 3.58. The van der Waals surface area contributed by atoms with E-state index in [1.165, 1.54) is 0 Å². The van der Waals surface area contributed by atoms with Crippen LogP contribution in [0.2, 0.25) is 0 Å². The van der Waals surface area contributed by atoms with E-state index in [0.717, 1.165) is 18.4 Å². The van der Waals surface area contributed by atoms with Gasteiger partial charge in [0.1, 0.15) is 0 Å². The molecule has 0 saturated heterocycles. The molecule has 3 N–H and O–H groups in total. The lowest BCUT2D eigenvalue weighted by atomic mass is 10.1. The molecular formula is C13H14N2O4. The summed E-state index contributed by atoms with van der Waals surface area (Å²) >= 11 is 0. The van der Waals surface area contributed by atoms with Crippen LogP contribution in [0.25, 0.3) is 11.1 Å². The van der Waals surface area contributed by atoms with Crippen LogP contribution in [-0.4, -0.2) is 22.6 Å². The smallest absolute Gasteiger partial charge is 0.417 e. The summed E-state index contributed by atoms with van der Waals surface area (Å²) in [4.78, 5) is 24.6. The molecule has 0 aliphatic heterocycles. The Hall–Kier alpha value is -2.08. The van der Waals surface area contributed by atoms with Crippen LogP contribution >= 0.6 is 0 Å². The maximum atomic E-state index is 11.0. The Labute approximate surface area is 108 Å². The number of fused-ring (bicyclic) bond motifs is 1. The van der Waals surface area contributed by atoms with E-state index < -0.39 is 17.1 Å². The molecule has 6 nitrogen and oxygen atoms in total. The highest BCUT2D eigenvalue weighted by molar-refractivity contribution is 5.78. The zero-order valence-electron chi connectivity index (χ0n) is 10.2. The highest BCUT2D eigenvalue weighted by Crippen LogP contribution is 2.45. The van der Waals surface area contributed by atoms with Gasteiger partial charge in [-0.05, 0) is 30.5 Å². The van der Waals surface area contributed by atoms with Crippen LogP contribution in [0.5, 0.6) is 0 Å². The lowest BCUT2D eigenvalue weighted by molar-refractivity contribution is -0.143. The maximum Gasteiger partial charge on any atom is 0.417 e. The second-order valence-electron chi connectivity index (χ2n) is 5.03. The average Bonchev–Trinajstić information content (AvgIpc) is 3.05. The molecule has 2 aromatic rings. The van der Waals surface area contributed by atoms with Gasteiger partial charge in [-0.1, -0.05) is 6.07 Å². The fourth-order valence-corrected chi connectivity index (χ4v) is 2.17. The monoisotopic (exact) mass is 262 g/mol. The predicted octanol–water partition coefficient (Wildman–Crippen LogP) is 1.08. The van der Waals surface area contributed by atoms with Crippen LogP contribution in [0.15, 0.2) is 27.4 Å². The van der Waals surface area contributed by atoms with Crippen LogP contribution in [0.4, 0.5) is 0 Å². The van der Waals surface area contributed by atoms with Gasteiger partial charge < -0.3 is 14.8 Å². The van der Waals surface area contributed by atoms with Crippen LogP contribution in [-0.2, 0) is 11.3 Å². The van der Waals surface area contributed by atoms with Crippen LogP contribution in [0.3, 0.4) is 0 Å². The van der Waals surface area contributed by atoms with E-state index in [0.29, 0.717) is 24.2 Å². The quantitative estimate of drug-likeness (QED) is 0.749. The maximum absolute atomic E-state index is 11.0. The van der Waals surface area contributed by atoms with Crippen molar-refractivity contribution >= 4 is 17.1 Å². The molecule has 1 fully saturated rings. The van der Waals surface area contributed by atoms with Gasteiger partial charge in [0.05, 0.1) is 10.9 Å². The standard InChI is InChI=1S/C13H14N2O4/c16-11(17)13(3-4-13)7-14-6-8-1-2-10-9(5-8)15-12(18)19-10/h1-2,5,14H,3-4,6-7H2,(H,15,18)(H,16,17). The van der Waals surface area contributed by atoms with Gasteiger partial charge in [0.15, 0.2) is 5.58 Å². The minimum atomic E-state index is -0.727. The number of hydrogen-bond acceptors (Lipinski definition) is 4. The first-order valence-corrected chi connectivity index (χ1v) is 6.15. The van der Waals surface area contributed by atoms with E-state index in [1.54, 1.807) is 6.07 Å². The van der Waals surface area contributed by atoms with Gasteiger partial charge in [-0.2, -0.15) is 0 Å². The first-order valence-electron chi connectivity index (χ1n) is 6.15. The van der Waals surface area contributed by atoms with Crippen molar-refractivity contribution in [2.45, 2.75) is 19.4 Å². The van der Waals surface area contributed by atoms with E-state index in [-0.39, 0.29) is 0 Å². The number of carbonyl (C=O) groups is 1. The van der Waals surface area contributed by atoms with E-state index in [4.69, 9.17) is 9.52 Å². The third kappa shape index (κ3) is 2.26. The Balaban J connectivity index is 1.65. The van der Waals surface area contributed by atoms with E-state index >= 15 is 0 Å². The van der Waals surface area contributed by atoms with Gasteiger partial charge in [0, 0.05) is 13.1 Å². The minimum Gasteiger partial charge on any atom is -0.481 e. The summed E-state index contributed by atoms with van der Waals surface area (Å²) in [5.41, 5.74) is 1.60. The van der Waals surface area contributed by atoms with Crippen LogP contribution < -0.4 is 11.1 Å². The summed E-state index contributed by atoms with van der Waals surface area (Å²) < 4.78 is 4.91. The molecule has 19 heavy (non-hydrogen) atoms. The van der Waals surface area contributed by atoms with Gasteiger partial charge in [-0.15, -0.1) is 0 Å². The lowest BCUT2D eigenvalue weighted by Crippen LogP contribution is -2.29. The van der Waals surface area contributed by atoms with E-state index in [9.17, 15) is 9.59 Å². The zero-order chi connectivity index (χ0) is 13.5. The molecule has 1 saturated carbocycles. The van der Waals surface area contributed by atoms with Crippen molar-refractivity contribution in [2.75, 3.05) is 6.54 Å². The SMILES string of the molecule is O=C(O)C1(CNCc2ccc3oc(=O)[nH]c3c2)CC1. The molecule has 0 unspecified atom stereocenters. The molecule has 100 valence electrons. The minimum absolute atomic E-state index is 0.470. The second-order valence-corrected chi connectivity index (χ2v) is 5.03. The summed E-state index contributed by atoms with van der Waals surface area (Å²) in [6, 6.07) is 5.41. The van der Waals surface area contributed by atoms with Crippen molar-refractivity contribution in [1.29, 1.82) is 0 Å². The number of carboxylic acids is 1. The molecule has 1 heterocycles. The van der Waals surface area contributed by atoms with Gasteiger partial charge >= 0.3 is 11.7 Å². The molecule has 0 radical (unpaired) electrons. The number of H-pyrrole nitrogens is 1. The summed E-state index contributed by atoms with van der Waals surface area (Å²) in [5, 5.41) is 12.2. The average molecular weight is 262 g/mol. The summed E-state index contributed by atoms with van der Waals surface area (Å²) in [7, 11) is 0. The van der Waals surface area contributed by atoms with E-state index in [1.807, 2.05) is 12.1 Å². The molecule has 0 spiro atoms. The van der Waals surface area contributed by atoms with Crippen molar-refractivity contribution < 1.29 is 14.3 Å². The molecule has 1 aliphatic rings. The molecule has 0 amide bonds. The van der Waals surface area contributed by atoms with Crippen molar-refractivity contribution in [2.24, 2.45) is 5.41 Å². The summed E-state index contributed by atoms with van der Waals surface area (Å²) in [6.45, 7) is 1.04. The number of aliphatic carboxylic acids is 1. The number of carboxylic acid groups (broad SMARTS) is 1. The van der Waals surface area contributed by atoms with Gasteiger partial charge in [-0.3, -0.25) is 9.78 Å². The first-order chi connectivity index (χ1) is 9.09. The number of aromatic amines is 1. The molecule has 0 bridgehead atoms. The Morgan fingerprint density at radius 3 is 2.95 bits per heavy atom. The van der Waals surface area contributed by atoms with Crippen LogP contribution in [0.1, 0.15) is 18.4 Å². The van der Waals surface area contributed by atoms with Crippen molar-refractivity contribution in [3.05, 3.63) is 34.3 Å². The normalized spacial score (nSPS) is 16.6. The largest absolute Gasteiger partial charge is 0.481 e. The third-order valence-corrected chi connectivity index (χ3v) is 3.58. The lowest BCUT2D eigenvalue weighted by Gasteiger charge is -2.10. The van der Waals surface area contributed by atoms with Crippen molar-refractivity contribution in [3.8, 4) is 0 Å². The summed E-state index contributed by atoms with van der Waals surface area (Å²) in [5.74, 6) is -1.20. The molecular weight excluding hydrogens is 248 g/mol. The van der Waals surface area contributed by atoms with Crippen molar-refractivity contribution in [3.63, 3.8) is 0 Å². The Morgan fingerprint density at radius 1 is 1.47 bits per heavy atom. The number of benzene rings is 1. The van der Waals surface area contributed by atoms with Gasteiger partial charge in [0.2, 0.25) is 0 Å². The summed E-state index contributed by atoms with van der Waals surface area (Å²) in [6.07, 6.45) is 1.48. The molecule has 0 atom stereocenters. The number of nitrogens with one attached hydrogen (secondary N) is 2. The molecule has 1 aromatic carbocycles. The Kier molecular flexibility index (Phi) is 2.67. The van der Waals surface area contributed by atoms with Crippen LogP contribution in [0, 0.1) is 5.41 Å². The first kappa shape index (κ1) is 12.0. The van der Waals surface area contributed by atoms with Gasteiger partial charge in [0.25, 0.3) is 0 Å². The molecule has 6 heteroatoms. The highest BCUT2D eigenvalue weighted by Gasteiger charge is 2.49. The number of aromatic nitrogens is 1. The molecule has 1 aromatic heterocycles. The predicted molar refractivity (Wildman–Crippen MR) is 67.8 cm³/mol. The fourth-order valence-electron chi connectivity index (χ4n) is 2.17. The van der Waals surface area contributed by atoms with E-state index in [2.05, 4.69) is 10.3 Å². The second kappa shape index (κ2) is 4.24. The number of rotatable bonds is 5. The highest BCUT2D eigenvalue weighted by atomic mass is 16.4. The molecule has 1 aliphatic carbocycles. The number of oxazole rings is 1. The number of hydrogen-bond donors (Lipinski definition) is 3. The Bertz CT molecular complexity index is 681. The molecule has 3 rings (SSSR count). The topological polar surface area (TPSA) is 95.3 Å². The Morgan fingerprint density at radius 2 is 2.26 bits per heavy atom. The van der Waals surface area contributed by atoms with Gasteiger partial charge in [-0.25, -0.2) is 4.79 Å².